The van der Waals surface area contributed by atoms with Gasteiger partial charge in [0.15, 0.2) is 0 Å². The summed E-state index contributed by atoms with van der Waals surface area (Å²) in [5, 5.41) is 10.2. The summed E-state index contributed by atoms with van der Waals surface area (Å²) in [4.78, 5) is 28.0. The van der Waals surface area contributed by atoms with Crippen LogP contribution in [-0.2, 0) is 0 Å². The average Bonchev–Trinajstić information content (AvgIpc) is 3.01. The number of H-pyrrole nitrogens is 1. The van der Waals surface area contributed by atoms with Crippen molar-refractivity contribution in [2.75, 3.05) is 6.54 Å². The number of hydrogen-bond donors (Lipinski definition) is 2. The first-order chi connectivity index (χ1) is 9.13. The first kappa shape index (κ1) is 12.4. The molecule has 1 amide bonds. The number of amides is 1. The molecule has 0 bridgehead atoms. The number of nitrogens with one attached hydrogen (secondary N) is 1. The van der Waals surface area contributed by atoms with Gasteiger partial charge in [0.1, 0.15) is 0 Å². The van der Waals surface area contributed by atoms with Gasteiger partial charge in [-0.2, -0.15) is 0 Å². The van der Waals surface area contributed by atoms with Crippen molar-refractivity contribution >= 4 is 5.91 Å². The minimum atomic E-state index is -0.415. The van der Waals surface area contributed by atoms with Crippen LogP contribution in [0.3, 0.4) is 0 Å². The van der Waals surface area contributed by atoms with E-state index >= 15 is 0 Å². The van der Waals surface area contributed by atoms with E-state index in [0.29, 0.717) is 18.5 Å². The molecule has 1 aliphatic heterocycles. The molecule has 5 nitrogen and oxygen atoms in total. The lowest BCUT2D eigenvalue weighted by atomic mass is 9.91. The van der Waals surface area contributed by atoms with Gasteiger partial charge < -0.3 is 15.0 Å². The van der Waals surface area contributed by atoms with Crippen molar-refractivity contribution in [3.63, 3.8) is 0 Å². The maximum Gasteiger partial charge on any atom is 0.255 e. The van der Waals surface area contributed by atoms with Gasteiger partial charge in [0, 0.05) is 18.8 Å². The normalized spacial score (nSPS) is 25.1. The summed E-state index contributed by atoms with van der Waals surface area (Å²) in [7, 11) is 0. The molecule has 3 rings (SSSR count). The number of aromatic amines is 1. The standard InChI is InChI=1S/C14H18N2O3/c17-11-5-8-16(14(11)6-1-2-7-14)13(19)10-3-4-12(18)15-9-10/h3-4,9,11,17H,1-2,5-8H2,(H,15,18). The van der Waals surface area contributed by atoms with Gasteiger partial charge in [-0.25, -0.2) is 0 Å². The summed E-state index contributed by atoms with van der Waals surface area (Å²) in [6, 6.07) is 2.91. The second-order valence-electron chi connectivity index (χ2n) is 5.51. The fraction of sp³-hybridized carbons (Fsp3) is 0.571. The highest BCUT2D eigenvalue weighted by atomic mass is 16.3. The van der Waals surface area contributed by atoms with Crippen LogP contribution >= 0.6 is 0 Å². The molecule has 5 heteroatoms. The molecule has 2 aliphatic rings. The second kappa shape index (κ2) is 4.49. The molecule has 2 N–H and O–H groups in total. The van der Waals surface area contributed by atoms with Crippen LogP contribution in [0, 0.1) is 0 Å². The molecule has 0 aromatic carbocycles. The Bertz CT molecular complexity index is 525. The minimum absolute atomic E-state index is 0.0882. The van der Waals surface area contributed by atoms with Crippen molar-refractivity contribution < 1.29 is 9.90 Å². The van der Waals surface area contributed by atoms with Crippen molar-refractivity contribution in [2.24, 2.45) is 0 Å². The predicted molar refractivity (Wildman–Crippen MR) is 69.9 cm³/mol. The van der Waals surface area contributed by atoms with Crippen molar-refractivity contribution in [3.05, 3.63) is 34.2 Å². The maximum atomic E-state index is 12.6. The lowest BCUT2D eigenvalue weighted by Gasteiger charge is -2.37. The first-order valence-electron chi connectivity index (χ1n) is 6.82. The number of aromatic nitrogens is 1. The number of aliphatic hydroxyl groups excluding tert-OH is 1. The molecule has 1 aliphatic carbocycles. The van der Waals surface area contributed by atoms with Gasteiger partial charge in [0.2, 0.25) is 5.56 Å². The van der Waals surface area contributed by atoms with E-state index in [0.717, 1.165) is 25.7 Å². The number of rotatable bonds is 1. The molecule has 1 unspecified atom stereocenters. The quantitative estimate of drug-likeness (QED) is 0.789. The zero-order chi connectivity index (χ0) is 13.5. The van der Waals surface area contributed by atoms with Crippen LogP contribution in [-0.4, -0.2) is 39.1 Å². The van der Waals surface area contributed by atoms with Gasteiger partial charge in [-0.05, 0) is 25.3 Å². The van der Waals surface area contributed by atoms with E-state index in [1.807, 2.05) is 4.90 Å². The lowest BCUT2D eigenvalue weighted by Crippen LogP contribution is -2.50. The number of likely N-dealkylation sites (tertiary alicyclic amines) is 1. The fourth-order valence-electron chi connectivity index (χ4n) is 3.52. The summed E-state index contributed by atoms with van der Waals surface area (Å²) in [6.45, 7) is 0.596. The minimum Gasteiger partial charge on any atom is -0.391 e. The Morgan fingerprint density at radius 3 is 2.74 bits per heavy atom. The van der Waals surface area contributed by atoms with Crippen LogP contribution < -0.4 is 5.56 Å². The topological polar surface area (TPSA) is 73.4 Å². The Morgan fingerprint density at radius 2 is 2.11 bits per heavy atom. The fourth-order valence-corrected chi connectivity index (χ4v) is 3.52. The van der Waals surface area contributed by atoms with E-state index in [1.165, 1.54) is 12.3 Å². The van der Waals surface area contributed by atoms with Gasteiger partial charge in [0.05, 0.1) is 17.2 Å². The molecule has 1 spiro atoms. The Morgan fingerprint density at radius 1 is 1.37 bits per heavy atom. The number of aliphatic hydroxyl groups is 1. The summed E-state index contributed by atoms with van der Waals surface area (Å²) in [5.41, 5.74) is -0.0960. The Balaban J connectivity index is 1.91. The van der Waals surface area contributed by atoms with Gasteiger partial charge in [-0.15, -0.1) is 0 Å². The SMILES string of the molecule is O=C(c1ccc(=O)[nH]c1)N1CCC(O)C12CCCC2. The second-order valence-corrected chi connectivity index (χ2v) is 5.51. The highest BCUT2D eigenvalue weighted by Gasteiger charge is 2.51. The van der Waals surface area contributed by atoms with Crippen LogP contribution in [0.15, 0.2) is 23.1 Å². The number of carbonyl (C=O) groups is 1. The van der Waals surface area contributed by atoms with E-state index in [-0.39, 0.29) is 17.0 Å². The molecule has 102 valence electrons. The third-order valence-corrected chi connectivity index (χ3v) is 4.53. The number of nitrogens with zero attached hydrogens (tertiary/aromatic N) is 1. The highest BCUT2D eigenvalue weighted by molar-refractivity contribution is 5.94. The third-order valence-electron chi connectivity index (χ3n) is 4.53. The Labute approximate surface area is 111 Å². The number of hydrogen-bond acceptors (Lipinski definition) is 3. The lowest BCUT2D eigenvalue weighted by molar-refractivity contribution is 0.0260. The summed E-state index contributed by atoms with van der Waals surface area (Å²) >= 11 is 0. The third kappa shape index (κ3) is 1.89. The predicted octanol–water partition coefficient (Wildman–Crippen LogP) is 0.894. The monoisotopic (exact) mass is 262 g/mol. The van der Waals surface area contributed by atoms with E-state index < -0.39 is 6.10 Å². The molecule has 1 aromatic rings. The van der Waals surface area contributed by atoms with Gasteiger partial charge in [-0.3, -0.25) is 9.59 Å². The smallest absolute Gasteiger partial charge is 0.255 e. The zero-order valence-electron chi connectivity index (χ0n) is 10.8. The zero-order valence-corrected chi connectivity index (χ0v) is 10.8. The molecule has 2 fully saturated rings. The van der Waals surface area contributed by atoms with Crippen LogP contribution in [0.5, 0.6) is 0 Å². The molecule has 2 heterocycles. The maximum absolute atomic E-state index is 12.6. The van der Waals surface area contributed by atoms with Gasteiger partial charge >= 0.3 is 0 Å². The molecular formula is C14H18N2O3. The van der Waals surface area contributed by atoms with E-state index in [1.54, 1.807) is 6.07 Å². The Kier molecular flexibility index (Phi) is 2.93. The molecule has 1 saturated heterocycles. The Hall–Kier alpha value is -1.62. The summed E-state index contributed by atoms with van der Waals surface area (Å²) in [6.07, 6.45) is 5.57. The largest absolute Gasteiger partial charge is 0.391 e. The highest BCUT2D eigenvalue weighted by Crippen LogP contribution is 2.43. The molecule has 1 atom stereocenters. The molecule has 1 saturated carbocycles. The summed E-state index contributed by atoms with van der Waals surface area (Å²) in [5.74, 6) is -0.0882. The van der Waals surface area contributed by atoms with Crippen LogP contribution in [0.1, 0.15) is 42.5 Å². The van der Waals surface area contributed by atoms with E-state index in [9.17, 15) is 14.7 Å². The molecule has 19 heavy (non-hydrogen) atoms. The van der Waals surface area contributed by atoms with Crippen molar-refractivity contribution in [3.8, 4) is 0 Å². The first-order valence-corrected chi connectivity index (χ1v) is 6.82. The number of carbonyl (C=O) groups excluding carboxylic acids is 1. The molecule has 1 aromatic heterocycles. The van der Waals surface area contributed by atoms with Crippen LogP contribution in [0.25, 0.3) is 0 Å². The van der Waals surface area contributed by atoms with E-state index in [2.05, 4.69) is 4.98 Å². The van der Waals surface area contributed by atoms with E-state index in [4.69, 9.17) is 0 Å². The number of pyridine rings is 1. The van der Waals surface area contributed by atoms with Gasteiger partial charge in [-0.1, -0.05) is 12.8 Å². The summed E-state index contributed by atoms with van der Waals surface area (Å²) < 4.78 is 0. The van der Waals surface area contributed by atoms with Crippen molar-refractivity contribution in [1.82, 2.24) is 9.88 Å². The average molecular weight is 262 g/mol. The molecular weight excluding hydrogens is 244 g/mol. The van der Waals surface area contributed by atoms with Crippen molar-refractivity contribution in [2.45, 2.75) is 43.7 Å². The van der Waals surface area contributed by atoms with Crippen LogP contribution in [0.2, 0.25) is 0 Å². The van der Waals surface area contributed by atoms with Gasteiger partial charge in [0.25, 0.3) is 5.91 Å². The van der Waals surface area contributed by atoms with Crippen molar-refractivity contribution in [1.29, 1.82) is 0 Å². The molecule has 0 radical (unpaired) electrons. The van der Waals surface area contributed by atoms with Crippen LogP contribution in [0.4, 0.5) is 0 Å².